The number of aliphatic hydroxyl groups is 1. The van der Waals surface area contributed by atoms with Crippen molar-refractivity contribution < 1.29 is 14.6 Å². The second kappa shape index (κ2) is 6.88. The van der Waals surface area contributed by atoms with Crippen molar-refractivity contribution in [2.24, 2.45) is 0 Å². The third-order valence-electron chi connectivity index (χ3n) is 3.80. The number of amides is 1. The van der Waals surface area contributed by atoms with Gasteiger partial charge in [-0.05, 0) is 12.8 Å². The SMILES string of the molecule is O=C(Cn1cnc2c(cnn2CCO)c1=O)NCC1CCCO1. The van der Waals surface area contributed by atoms with Gasteiger partial charge in [0.25, 0.3) is 5.56 Å². The van der Waals surface area contributed by atoms with E-state index in [4.69, 9.17) is 9.84 Å². The molecule has 1 atom stereocenters. The van der Waals surface area contributed by atoms with Gasteiger partial charge in [0.05, 0.1) is 25.5 Å². The number of carbonyl (C=O) groups is 1. The molecule has 2 aromatic heterocycles. The van der Waals surface area contributed by atoms with Gasteiger partial charge in [-0.1, -0.05) is 0 Å². The van der Waals surface area contributed by atoms with E-state index in [1.165, 1.54) is 21.8 Å². The smallest absolute Gasteiger partial charge is 0.264 e. The lowest BCUT2D eigenvalue weighted by atomic mass is 10.2. The van der Waals surface area contributed by atoms with Gasteiger partial charge in [-0.2, -0.15) is 5.10 Å². The summed E-state index contributed by atoms with van der Waals surface area (Å²) in [5.41, 5.74) is 0.0755. The number of fused-ring (bicyclic) bond motifs is 1. The van der Waals surface area contributed by atoms with Crippen molar-refractivity contribution in [3.63, 3.8) is 0 Å². The number of ether oxygens (including phenoxy) is 1. The average Bonchev–Trinajstić information content (AvgIpc) is 3.19. The number of carbonyl (C=O) groups excluding carboxylic acids is 1. The van der Waals surface area contributed by atoms with E-state index in [1.54, 1.807) is 0 Å². The minimum Gasteiger partial charge on any atom is -0.394 e. The van der Waals surface area contributed by atoms with Crippen LogP contribution in [0, 0.1) is 0 Å². The van der Waals surface area contributed by atoms with Crippen molar-refractivity contribution in [1.29, 1.82) is 0 Å². The summed E-state index contributed by atoms with van der Waals surface area (Å²) in [5, 5.41) is 16.1. The van der Waals surface area contributed by atoms with Gasteiger partial charge in [0.15, 0.2) is 5.65 Å². The van der Waals surface area contributed by atoms with Crippen LogP contribution in [-0.2, 0) is 22.6 Å². The Labute approximate surface area is 131 Å². The van der Waals surface area contributed by atoms with Crippen molar-refractivity contribution in [2.75, 3.05) is 19.8 Å². The number of nitrogens with one attached hydrogen (secondary N) is 1. The Bertz CT molecular complexity index is 747. The van der Waals surface area contributed by atoms with E-state index >= 15 is 0 Å². The summed E-state index contributed by atoms with van der Waals surface area (Å²) in [7, 11) is 0. The average molecular weight is 321 g/mol. The minimum absolute atomic E-state index is 0.0630. The van der Waals surface area contributed by atoms with Gasteiger partial charge in [0.1, 0.15) is 18.3 Å². The van der Waals surface area contributed by atoms with Crippen LogP contribution >= 0.6 is 0 Å². The predicted octanol–water partition coefficient (Wildman–Crippen LogP) is -1.12. The molecule has 0 radical (unpaired) electrons. The highest BCUT2D eigenvalue weighted by molar-refractivity contribution is 5.77. The molecule has 1 fully saturated rings. The second-order valence-electron chi connectivity index (χ2n) is 5.45. The summed E-state index contributed by atoms with van der Waals surface area (Å²) in [6.07, 6.45) is 4.75. The predicted molar refractivity (Wildman–Crippen MR) is 80.9 cm³/mol. The quantitative estimate of drug-likeness (QED) is 0.697. The summed E-state index contributed by atoms with van der Waals surface area (Å²) >= 11 is 0. The molecule has 1 amide bonds. The van der Waals surface area contributed by atoms with Gasteiger partial charge in [-0.25, -0.2) is 9.67 Å². The lowest BCUT2D eigenvalue weighted by molar-refractivity contribution is -0.122. The molecule has 1 aliphatic rings. The Balaban J connectivity index is 1.68. The Hall–Kier alpha value is -2.26. The molecule has 9 nitrogen and oxygen atoms in total. The van der Waals surface area contributed by atoms with Gasteiger partial charge in [0.2, 0.25) is 5.91 Å². The summed E-state index contributed by atoms with van der Waals surface area (Å²) in [4.78, 5) is 28.5. The van der Waals surface area contributed by atoms with Gasteiger partial charge >= 0.3 is 0 Å². The van der Waals surface area contributed by atoms with Crippen LogP contribution in [0.3, 0.4) is 0 Å². The number of rotatable bonds is 6. The molecule has 1 saturated heterocycles. The fourth-order valence-corrected chi connectivity index (χ4v) is 2.61. The van der Waals surface area contributed by atoms with Crippen LogP contribution in [0.15, 0.2) is 17.3 Å². The Morgan fingerprint density at radius 1 is 1.52 bits per heavy atom. The van der Waals surface area contributed by atoms with Gasteiger partial charge < -0.3 is 15.2 Å². The molecule has 1 aliphatic heterocycles. The van der Waals surface area contributed by atoms with Gasteiger partial charge in [-0.15, -0.1) is 0 Å². The Morgan fingerprint density at radius 2 is 2.39 bits per heavy atom. The lowest BCUT2D eigenvalue weighted by Crippen LogP contribution is -2.36. The first-order valence-electron chi connectivity index (χ1n) is 7.59. The molecule has 3 rings (SSSR count). The molecule has 0 saturated carbocycles. The molecule has 1 unspecified atom stereocenters. The summed E-state index contributed by atoms with van der Waals surface area (Å²) in [6.45, 7) is 1.27. The fraction of sp³-hybridized carbons (Fsp3) is 0.571. The first-order valence-corrected chi connectivity index (χ1v) is 7.59. The van der Waals surface area contributed by atoms with Crippen LogP contribution < -0.4 is 10.9 Å². The van der Waals surface area contributed by atoms with E-state index in [1.807, 2.05) is 0 Å². The molecule has 124 valence electrons. The van der Waals surface area contributed by atoms with Gasteiger partial charge in [0, 0.05) is 13.2 Å². The maximum atomic E-state index is 12.3. The molecule has 0 spiro atoms. The highest BCUT2D eigenvalue weighted by atomic mass is 16.5. The van der Waals surface area contributed by atoms with Gasteiger partial charge in [-0.3, -0.25) is 14.2 Å². The zero-order valence-electron chi connectivity index (χ0n) is 12.6. The van der Waals surface area contributed by atoms with Crippen molar-refractivity contribution in [3.05, 3.63) is 22.9 Å². The number of hydrogen-bond donors (Lipinski definition) is 2. The van der Waals surface area contributed by atoms with E-state index in [9.17, 15) is 9.59 Å². The van der Waals surface area contributed by atoms with Crippen molar-refractivity contribution in [2.45, 2.75) is 32.0 Å². The first kappa shape index (κ1) is 15.6. The van der Waals surface area contributed by atoms with Crippen LogP contribution in [0.1, 0.15) is 12.8 Å². The van der Waals surface area contributed by atoms with E-state index in [0.29, 0.717) is 17.6 Å². The topological polar surface area (TPSA) is 111 Å². The third-order valence-corrected chi connectivity index (χ3v) is 3.80. The highest BCUT2D eigenvalue weighted by Crippen LogP contribution is 2.10. The van der Waals surface area contributed by atoms with Crippen LogP contribution in [0.25, 0.3) is 11.0 Å². The van der Waals surface area contributed by atoms with E-state index in [2.05, 4.69) is 15.4 Å². The molecular formula is C14H19N5O4. The zero-order chi connectivity index (χ0) is 16.2. The van der Waals surface area contributed by atoms with E-state index < -0.39 is 0 Å². The Kier molecular flexibility index (Phi) is 4.68. The number of hydrogen-bond acceptors (Lipinski definition) is 6. The maximum absolute atomic E-state index is 12.3. The molecular weight excluding hydrogens is 302 g/mol. The summed E-state index contributed by atoms with van der Waals surface area (Å²) in [6, 6.07) is 0. The van der Waals surface area contributed by atoms with Crippen LogP contribution in [0.4, 0.5) is 0 Å². The van der Waals surface area contributed by atoms with Crippen molar-refractivity contribution in [3.8, 4) is 0 Å². The molecule has 0 aromatic carbocycles. The third kappa shape index (κ3) is 3.40. The molecule has 2 N–H and O–H groups in total. The Morgan fingerprint density at radius 3 is 3.13 bits per heavy atom. The fourth-order valence-electron chi connectivity index (χ4n) is 2.61. The summed E-state index contributed by atoms with van der Waals surface area (Å²) < 4.78 is 8.14. The molecule has 0 aliphatic carbocycles. The minimum atomic E-state index is -0.327. The molecule has 9 heteroatoms. The van der Waals surface area contributed by atoms with E-state index in [0.717, 1.165) is 19.4 Å². The lowest BCUT2D eigenvalue weighted by Gasteiger charge is -2.11. The van der Waals surface area contributed by atoms with Crippen molar-refractivity contribution >= 4 is 16.9 Å². The number of aromatic nitrogens is 4. The monoisotopic (exact) mass is 321 g/mol. The van der Waals surface area contributed by atoms with Crippen LogP contribution in [-0.4, -0.2) is 56.2 Å². The van der Waals surface area contributed by atoms with Crippen LogP contribution in [0.2, 0.25) is 0 Å². The largest absolute Gasteiger partial charge is 0.394 e. The molecule has 3 heterocycles. The van der Waals surface area contributed by atoms with Crippen molar-refractivity contribution in [1.82, 2.24) is 24.6 Å². The number of aliphatic hydroxyl groups excluding tert-OH is 1. The molecule has 23 heavy (non-hydrogen) atoms. The normalized spacial score (nSPS) is 17.7. The highest BCUT2D eigenvalue weighted by Gasteiger charge is 2.17. The van der Waals surface area contributed by atoms with Crippen LogP contribution in [0.5, 0.6) is 0 Å². The standard InChI is InChI=1S/C14H19N5O4/c20-4-3-19-13-11(7-17-19)14(22)18(9-16-13)8-12(21)15-6-10-2-1-5-23-10/h7,9-10,20H,1-6,8H2,(H,15,21). The molecule has 0 bridgehead atoms. The second-order valence-corrected chi connectivity index (χ2v) is 5.45. The zero-order valence-corrected chi connectivity index (χ0v) is 12.6. The number of nitrogens with zero attached hydrogens (tertiary/aromatic N) is 4. The first-order chi connectivity index (χ1) is 11.2. The molecule has 2 aromatic rings. The van der Waals surface area contributed by atoms with E-state index in [-0.39, 0.29) is 37.3 Å². The maximum Gasteiger partial charge on any atom is 0.264 e. The summed E-state index contributed by atoms with van der Waals surface area (Å²) in [5.74, 6) is -0.258.